The number of phenolic OH excluding ortho intramolecular Hbond substituents is 1. The van der Waals surface area contributed by atoms with E-state index < -0.39 is 11.6 Å². The zero-order chi connectivity index (χ0) is 14.6. The van der Waals surface area contributed by atoms with Crippen LogP contribution in [0, 0.1) is 0 Å². The second-order valence-electron chi connectivity index (χ2n) is 5.63. The minimum Gasteiger partial charge on any atom is -0.508 e. The molecule has 5 heteroatoms. The molecule has 0 saturated heterocycles. The lowest BCUT2D eigenvalue weighted by Crippen LogP contribution is -2.48. The Bertz CT molecular complexity index is 453. The molecule has 5 N–H and O–H groups in total. The molecular weight excluding hydrogens is 256 g/mol. The summed E-state index contributed by atoms with van der Waals surface area (Å²) in [4.78, 5) is 11.9. The van der Waals surface area contributed by atoms with Crippen molar-refractivity contribution in [2.24, 2.45) is 5.73 Å². The molecule has 0 spiro atoms. The molecule has 5 nitrogen and oxygen atoms in total. The van der Waals surface area contributed by atoms with Gasteiger partial charge in [0, 0.05) is 6.54 Å². The van der Waals surface area contributed by atoms with Crippen molar-refractivity contribution in [1.29, 1.82) is 0 Å². The molecule has 0 unspecified atom stereocenters. The van der Waals surface area contributed by atoms with E-state index in [-0.39, 0.29) is 18.2 Å². The van der Waals surface area contributed by atoms with E-state index in [0.717, 1.165) is 31.2 Å². The number of phenols is 1. The summed E-state index contributed by atoms with van der Waals surface area (Å²) in [6.07, 6.45) is 3.89. The summed E-state index contributed by atoms with van der Waals surface area (Å²) < 4.78 is 0. The standard InChI is InChI=1S/C15H22N2O3/c16-13(9-11-3-5-12(18)6-4-11)14(19)17-10-15(20)7-1-2-8-15/h3-6,13,18,20H,1-2,7-10,16H2,(H,17,19)/t13-/m1/s1. The van der Waals surface area contributed by atoms with Crippen molar-refractivity contribution >= 4 is 5.91 Å². The van der Waals surface area contributed by atoms with Gasteiger partial charge in [-0.05, 0) is 37.0 Å². The lowest BCUT2D eigenvalue weighted by Gasteiger charge is -2.23. The Balaban J connectivity index is 1.81. The van der Waals surface area contributed by atoms with Gasteiger partial charge in [-0.1, -0.05) is 25.0 Å². The van der Waals surface area contributed by atoms with E-state index in [0.29, 0.717) is 6.42 Å². The number of aliphatic hydroxyl groups is 1. The van der Waals surface area contributed by atoms with Gasteiger partial charge in [0.15, 0.2) is 0 Å². The monoisotopic (exact) mass is 278 g/mol. The van der Waals surface area contributed by atoms with Crippen molar-refractivity contribution in [1.82, 2.24) is 5.32 Å². The summed E-state index contributed by atoms with van der Waals surface area (Å²) in [5, 5.41) is 22.1. The van der Waals surface area contributed by atoms with Gasteiger partial charge in [-0.15, -0.1) is 0 Å². The quantitative estimate of drug-likeness (QED) is 0.637. The van der Waals surface area contributed by atoms with Crippen molar-refractivity contribution < 1.29 is 15.0 Å². The molecule has 1 aromatic carbocycles. The van der Waals surface area contributed by atoms with Crippen LogP contribution in [-0.4, -0.2) is 34.3 Å². The number of amides is 1. The zero-order valence-corrected chi connectivity index (χ0v) is 11.5. The Hall–Kier alpha value is -1.59. The van der Waals surface area contributed by atoms with Gasteiger partial charge in [0.2, 0.25) is 5.91 Å². The predicted molar refractivity (Wildman–Crippen MR) is 76.2 cm³/mol. The summed E-state index contributed by atoms with van der Waals surface area (Å²) in [6, 6.07) is 5.98. The highest BCUT2D eigenvalue weighted by atomic mass is 16.3. The van der Waals surface area contributed by atoms with E-state index in [1.54, 1.807) is 24.3 Å². The van der Waals surface area contributed by atoms with Crippen LogP contribution in [0.15, 0.2) is 24.3 Å². The summed E-state index contributed by atoms with van der Waals surface area (Å²) in [7, 11) is 0. The number of carbonyl (C=O) groups is 1. The van der Waals surface area contributed by atoms with Crippen LogP contribution < -0.4 is 11.1 Å². The van der Waals surface area contributed by atoms with E-state index in [4.69, 9.17) is 5.73 Å². The number of benzene rings is 1. The van der Waals surface area contributed by atoms with Gasteiger partial charge in [0.05, 0.1) is 11.6 Å². The molecule has 1 saturated carbocycles. The minimum absolute atomic E-state index is 0.190. The maximum atomic E-state index is 11.9. The third-order valence-electron chi connectivity index (χ3n) is 3.85. The highest BCUT2D eigenvalue weighted by Gasteiger charge is 2.31. The van der Waals surface area contributed by atoms with Gasteiger partial charge >= 0.3 is 0 Å². The highest BCUT2D eigenvalue weighted by molar-refractivity contribution is 5.81. The number of hydrogen-bond acceptors (Lipinski definition) is 4. The fourth-order valence-corrected chi connectivity index (χ4v) is 2.57. The first-order chi connectivity index (χ1) is 9.48. The van der Waals surface area contributed by atoms with Crippen LogP contribution in [-0.2, 0) is 11.2 Å². The summed E-state index contributed by atoms with van der Waals surface area (Å²) >= 11 is 0. The van der Waals surface area contributed by atoms with Gasteiger partial charge in [0.25, 0.3) is 0 Å². The van der Waals surface area contributed by atoms with E-state index in [9.17, 15) is 15.0 Å². The molecule has 2 rings (SSSR count). The van der Waals surface area contributed by atoms with E-state index in [2.05, 4.69) is 5.32 Å². The number of carbonyl (C=O) groups excluding carboxylic acids is 1. The number of aromatic hydroxyl groups is 1. The molecule has 110 valence electrons. The average Bonchev–Trinajstić information content (AvgIpc) is 2.86. The fourth-order valence-electron chi connectivity index (χ4n) is 2.57. The molecule has 0 aromatic heterocycles. The second kappa shape index (κ2) is 6.24. The van der Waals surface area contributed by atoms with Gasteiger partial charge < -0.3 is 21.3 Å². The van der Waals surface area contributed by atoms with Gasteiger partial charge in [-0.2, -0.15) is 0 Å². The number of nitrogens with two attached hydrogens (primary N) is 1. The third-order valence-corrected chi connectivity index (χ3v) is 3.85. The molecule has 1 aromatic rings. The zero-order valence-electron chi connectivity index (χ0n) is 11.5. The smallest absolute Gasteiger partial charge is 0.237 e. The topological polar surface area (TPSA) is 95.6 Å². The largest absolute Gasteiger partial charge is 0.508 e. The van der Waals surface area contributed by atoms with Crippen LogP contribution >= 0.6 is 0 Å². The van der Waals surface area contributed by atoms with E-state index in [1.807, 2.05) is 0 Å². The molecular formula is C15H22N2O3. The van der Waals surface area contributed by atoms with Gasteiger partial charge in [0.1, 0.15) is 5.75 Å². The predicted octanol–water partition coefficient (Wildman–Crippen LogP) is 0.683. The molecule has 1 atom stereocenters. The van der Waals surface area contributed by atoms with Crippen LogP contribution in [0.3, 0.4) is 0 Å². The molecule has 0 heterocycles. The maximum absolute atomic E-state index is 11.9. The van der Waals surface area contributed by atoms with E-state index in [1.165, 1.54) is 0 Å². The number of hydrogen-bond donors (Lipinski definition) is 4. The molecule has 1 aliphatic carbocycles. The van der Waals surface area contributed by atoms with E-state index >= 15 is 0 Å². The fraction of sp³-hybridized carbons (Fsp3) is 0.533. The number of nitrogens with one attached hydrogen (secondary N) is 1. The normalized spacial score (nSPS) is 18.7. The first kappa shape index (κ1) is 14.8. The van der Waals surface area contributed by atoms with Crippen molar-refractivity contribution in [2.75, 3.05) is 6.54 Å². The van der Waals surface area contributed by atoms with Gasteiger partial charge in [-0.25, -0.2) is 0 Å². The Morgan fingerprint density at radius 1 is 1.30 bits per heavy atom. The summed E-state index contributed by atoms with van der Waals surface area (Å²) in [6.45, 7) is 0.273. The Morgan fingerprint density at radius 3 is 2.50 bits per heavy atom. The minimum atomic E-state index is -0.756. The SMILES string of the molecule is N[C@H](Cc1ccc(O)cc1)C(=O)NCC1(O)CCCC1. The van der Waals surface area contributed by atoms with Crippen molar-refractivity contribution in [3.05, 3.63) is 29.8 Å². The summed E-state index contributed by atoms with van der Waals surface area (Å²) in [5.74, 6) is -0.0615. The molecule has 0 radical (unpaired) electrons. The van der Waals surface area contributed by atoms with Crippen LogP contribution in [0.4, 0.5) is 0 Å². The maximum Gasteiger partial charge on any atom is 0.237 e. The van der Waals surface area contributed by atoms with Crippen molar-refractivity contribution in [3.63, 3.8) is 0 Å². The number of rotatable bonds is 5. The van der Waals surface area contributed by atoms with Gasteiger partial charge in [-0.3, -0.25) is 4.79 Å². The molecule has 1 aliphatic rings. The van der Waals surface area contributed by atoms with Crippen LogP contribution in [0.25, 0.3) is 0 Å². The van der Waals surface area contributed by atoms with Crippen LogP contribution in [0.5, 0.6) is 5.75 Å². The van der Waals surface area contributed by atoms with Crippen LogP contribution in [0.1, 0.15) is 31.2 Å². The first-order valence-corrected chi connectivity index (χ1v) is 7.02. The molecule has 0 aliphatic heterocycles. The second-order valence-corrected chi connectivity index (χ2v) is 5.63. The molecule has 1 amide bonds. The lowest BCUT2D eigenvalue weighted by molar-refractivity contribution is -0.123. The van der Waals surface area contributed by atoms with Crippen molar-refractivity contribution in [3.8, 4) is 5.75 Å². The first-order valence-electron chi connectivity index (χ1n) is 7.02. The highest BCUT2D eigenvalue weighted by Crippen LogP contribution is 2.28. The molecule has 1 fully saturated rings. The van der Waals surface area contributed by atoms with Crippen molar-refractivity contribution in [2.45, 2.75) is 43.7 Å². The Morgan fingerprint density at radius 2 is 1.90 bits per heavy atom. The Labute approximate surface area is 118 Å². The third kappa shape index (κ3) is 3.95. The Kier molecular flexibility index (Phi) is 4.62. The molecule has 20 heavy (non-hydrogen) atoms. The molecule has 0 bridgehead atoms. The average molecular weight is 278 g/mol. The summed E-state index contributed by atoms with van der Waals surface area (Å²) in [5.41, 5.74) is 6.00. The lowest BCUT2D eigenvalue weighted by atomic mass is 10.0. The van der Waals surface area contributed by atoms with Crippen LogP contribution in [0.2, 0.25) is 0 Å².